The first-order valence-electron chi connectivity index (χ1n) is 5.25. The molecule has 0 saturated carbocycles. The second-order valence-corrected chi connectivity index (χ2v) is 4.59. The van der Waals surface area contributed by atoms with E-state index in [1.54, 1.807) is 6.20 Å². The van der Waals surface area contributed by atoms with Crippen molar-refractivity contribution in [3.63, 3.8) is 0 Å². The first-order chi connectivity index (χ1) is 7.00. The van der Waals surface area contributed by atoms with Crippen LogP contribution in [-0.2, 0) is 0 Å². The normalized spacial score (nSPS) is 12.7. The van der Waals surface area contributed by atoms with E-state index in [-0.39, 0.29) is 5.41 Å². The minimum Gasteiger partial charge on any atom is -0.256 e. The standard InChI is InChI=1S/C14H19N/c1-6-12(14(3,4)5)11-9-8-10-15-13(11)7-2/h6-10H,2H2,1,3-5H3/b12-6+. The van der Waals surface area contributed by atoms with Gasteiger partial charge in [-0.2, -0.15) is 0 Å². The minimum atomic E-state index is 0.134. The molecule has 0 bridgehead atoms. The van der Waals surface area contributed by atoms with Crippen LogP contribution in [0.3, 0.4) is 0 Å². The Morgan fingerprint density at radius 3 is 2.53 bits per heavy atom. The van der Waals surface area contributed by atoms with Gasteiger partial charge in [0.05, 0.1) is 5.69 Å². The van der Waals surface area contributed by atoms with Gasteiger partial charge < -0.3 is 0 Å². The zero-order valence-electron chi connectivity index (χ0n) is 10.0. The summed E-state index contributed by atoms with van der Waals surface area (Å²) in [4.78, 5) is 4.32. The number of hydrogen-bond acceptors (Lipinski definition) is 1. The molecule has 0 aliphatic heterocycles. The van der Waals surface area contributed by atoms with Crippen LogP contribution in [0.15, 0.2) is 31.0 Å². The lowest BCUT2D eigenvalue weighted by molar-refractivity contribution is 0.566. The highest BCUT2D eigenvalue weighted by Gasteiger charge is 2.19. The van der Waals surface area contributed by atoms with E-state index in [0.29, 0.717) is 0 Å². The molecule has 0 radical (unpaired) electrons. The van der Waals surface area contributed by atoms with Crippen LogP contribution in [0.5, 0.6) is 0 Å². The molecule has 1 rings (SSSR count). The average molecular weight is 201 g/mol. The van der Waals surface area contributed by atoms with Crippen molar-refractivity contribution < 1.29 is 0 Å². The maximum Gasteiger partial charge on any atom is 0.0698 e. The fourth-order valence-electron chi connectivity index (χ4n) is 1.80. The predicted molar refractivity (Wildman–Crippen MR) is 67.4 cm³/mol. The second kappa shape index (κ2) is 4.43. The molecule has 0 N–H and O–H groups in total. The van der Waals surface area contributed by atoms with E-state index in [4.69, 9.17) is 0 Å². The lowest BCUT2D eigenvalue weighted by Crippen LogP contribution is -2.09. The van der Waals surface area contributed by atoms with E-state index in [2.05, 4.69) is 51.4 Å². The number of rotatable bonds is 2. The zero-order valence-corrected chi connectivity index (χ0v) is 10.0. The molecule has 0 unspecified atom stereocenters. The van der Waals surface area contributed by atoms with Crippen LogP contribution in [0.1, 0.15) is 39.0 Å². The van der Waals surface area contributed by atoms with Crippen LogP contribution < -0.4 is 0 Å². The van der Waals surface area contributed by atoms with Crippen molar-refractivity contribution in [3.8, 4) is 0 Å². The smallest absolute Gasteiger partial charge is 0.0698 e. The van der Waals surface area contributed by atoms with Gasteiger partial charge in [-0.1, -0.05) is 39.5 Å². The van der Waals surface area contributed by atoms with Crippen molar-refractivity contribution in [3.05, 3.63) is 42.2 Å². The number of pyridine rings is 1. The molecule has 1 nitrogen and oxygen atoms in total. The molecule has 0 atom stereocenters. The Kier molecular flexibility index (Phi) is 3.46. The predicted octanol–water partition coefficient (Wildman–Crippen LogP) is 4.17. The van der Waals surface area contributed by atoms with Crippen molar-refractivity contribution in [1.29, 1.82) is 0 Å². The maximum atomic E-state index is 4.32. The van der Waals surface area contributed by atoms with E-state index in [1.165, 1.54) is 11.1 Å². The monoisotopic (exact) mass is 201 g/mol. The third kappa shape index (κ3) is 2.56. The fraction of sp³-hybridized carbons (Fsp3) is 0.357. The first kappa shape index (κ1) is 11.7. The second-order valence-electron chi connectivity index (χ2n) is 4.59. The van der Waals surface area contributed by atoms with Crippen molar-refractivity contribution in [2.75, 3.05) is 0 Å². The van der Waals surface area contributed by atoms with Gasteiger partial charge in [-0.05, 0) is 30.1 Å². The van der Waals surface area contributed by atoms with Crippen LogP contribution in [0.4, 0.5) is 0 Å². The Morgan fingerprint density at radius 1 is 1.40 bits per heavy atom. The van der Waals surface area contributed by atoms with Crippen LogP contribution >= 0.6 is 0 Å². The molecule has 0 aromatic carbocycles. The third-order valence-electron chi connectivity index (χ3n) is 2.42. The van der Waals surface area contributed by atoms with Crippen molar-refractivity contribution in [2.45, 2.75) is 27.7 Å². The molecule has 0 spiro atoms. The summed E-state index contributed by atoms with van der Waals surface area (Å²) in [6.45, 7) is 12.5. The van der Waals surface area contributed by atoms with E-state index >= 15 is 0 Å². The van der Waals surface area contributed by atoms with Crippen LogP contribution in [0.2, 0.25) is 0 Å². The van der Waals surface area contributed by atoms with Gasteiger partial charge in [0.25, 0.3) is 0 Å². The highest BCUT2D eigenvalue weighted by Crippen LogP contribution is 2.35. The molecule has 15 heavy (non-hydrogen) atoms. The number of hydrogen-bond donors (Lipinski definition) is 0. The van der Waals surface area contributed by atoms with Gasteiger partial charge in [-0.3, -0.25) is 4.98 Å². The summed E-state index contributed by atoms with van der Waals surface area (Å²) in [6, 6.07) is 4.07. The van der Waals surface area contributed by atoms with Gasteiger partial charge in [0.15, 0.2) is 0 Å². The van der Waals surface area contributed by atoms with Gasteiger partial charge in [0, 0.05) is 11.8 Å². The van der Waals surface area contributed by atoms with E-state index < -0.39 is 0 Å². The minimum absolute atomic E-state index is 0.134. The summed E-state index contributed by atoms with van der Waals surface area (Å²) in [6.07, 6.45) is 5.77. The van der Waals surface area contributed by atoms with Crippen molar-refractivity contribution in [2.24, 2.45) is 5.41 Å². The largest absolute Gasteiger partial charge is 0.256 e. The van der Waals surface area contributed by atoms with Gasteiger partial charge >= 0.3 is 0 Å². The quantitative estimate of drug-likeness (QED) is 0.699. The number of nitrogens with zero attached hydrogens (tertiary/aromatic N) is 1. The molecule has 0 saturated heterocycles. The van der Waals surface area contributed by atoms with Crippen molar-refractivity contribution in [1.82, 2.24) is 4.98 Å². The Hall–Kier alpha value is -1.37. The average Bonchev–Trinajstić information content (AvgIpc) is 2.17. The Labute approximate surface area is 92.6 Å². The highest BCUT2D eigenvalue weighted by atomic mass is 14.7. The summed E-state index contributed by atoms with van der Waals surface area (Å²) in [7, 11) is 0. The molecule has 0 aliphatic rings. The lowest BCUT2D eigenvalue weighted by Gasteiger charge is -2.24. The highest BCUT2D eigenvalue weighted by molar-refractivity contribution is 5.74. The molecular weight excluding hydrogens is 182 g/mol. The van der Waals surface area contributed by atoms with Crippen LogP contribution in [0.25, 0.3) is 11.6 Å². The van der Waals surface area contributed by atoms with Crippen LogP contribution in [-0.4, -0.2) is 4.98 Å². The van der Waals surface area contributed by atoms with Gasteiger partial charge in [-0.25, -0.2) is 0 Å². The van der Waals surface area contributed by atoms with E-state index in [1.807, 2.05) is 12.1 Å². The molecule has 1 heteroatoms. The summed E-state index contributed by atoms with van der Waals surface area (Å²) < 4.78 is 0. The molecule has 0 fully saturated rings. The fourth-order valence-corrected chi connectivity index (χ4v) is 1.80. The maximum absolute atomic E-state index is 4.32. The Bertz CT molecular complexity index is 381. The van der Waals surface area contributed by atoms with Crippen LogP contribution in [0, 0.1) is 5.41 Å². The first-order valence-corrected chi connectivity index (χ1v) is 5.25. The van der Waals surface area contributed by atoms with Gasteiger partial charge in [-0.15, -0.1) is 0 Å². The van der Waals surface area contributed by atoms with Gasteiger partial charge in [0.1, 0.15) is 0 Å². The summed E-state index contributed by atoms with van der Waals surface area (Å²) in [5.41, 5.74) is 3.59. The van der Waals surface area contributed by atoms with E-state index in [9.17, 15) is 0 Å². The molecule has 1 heterocycles. The third-order valence-corrected chi connectivity index (χ3v) is 2.42. The lowest BCUT2D eigenvalue weighted by atomic mass is 9.81. The summed E-state index contributed by atoms with van der Waals surface area (Å²) >= 11 is 0. The summed E-state index contributed by atoms with van der Waals surface area (Å²) in [5, 5.41) is 0. The number of allylic oxidation sites excluding steroid dienone is 2. The molecule has 80 valence electrons. The molecule has 0 aliphatic carbocycles. The number of aromatic nitrogens is 1. The van der Waals surface area contributed by atoms with Gasteiger partial charge in [0.2, 0.25) is 0 Å². The Morgan fingerprint density at radius 2 is 2.07 bits per heavy atom. The zero-order chi connectivity index (χ0) is 11.5. The topological polar surface area (TPSA) is 12.9 Å². The Balaban J connectivity index is 3.31. The molecule has 1 aromatic rings. The SMILES string of the molecule is C=Cc1ncccc1/C(=C\C)C(C)(C)C. The molecule has 0 amide bonds. The van der Waals surface area contributed by atoms with Crippen molar-refractivity contribution >= 4 is 11.6 Å². The van der Waals surface area contributed by atoms with E-state index in [0.717, 1.165) is 5.69 Å². The summed E-state index contributed by atoms with van der Waals surface area (Å²) in [5.74, 6) is 0. The molecular formula is C14H19N. The molecule has 1 aromatic heterocycles.